The first-order chi connectivity index (χ1) is 10.8. The number of hydrogen-bond donors (Lipinski definition) is 0. The summed E-state index contributed by atoms with van der Waals surface area (Å²) < 4.78 is 5.31. The van der Waals surface area contributed by atoms with Crippen molar-refractivity contribution >= 4 is 11.7 Å². The predicted molar refractivity (Wildman–Crippen MR) is 81.3 cm³/mol. The lowest BCUT2D eigenvalue weighted by molar-refractivity contribution is -0.139. The van der Waals surface area contributed by atoms with Gasteiger partial charge in [-0.2, -0.15) is 5.26 Å². The average molecular weight is 300 g/mol. The van der Waals surface area contributed by atoms with Gasteiger partial charge in [0, 0.05) is 32.4 Å². The summed E-state index contributed by atoms with van der Waals surface area (Å²) in [5.41, 5.74) is 0.557. The molecule has 6 heteroatoms. The second-order valence-corrected chi connectivity index (χ2v) is 5.74. The highest BCUT2D eigenvalue weighted by Crippen LogP contribution is 2.23. The number of ether oxygens (including phenoxy) is 1. The van der Waals surface area contributed by atoms with Gasteiger partial charge in [-0.15, -0.1) is 0 Å². The minimum absolute atomic E-state index is 0.0318. The summed E-state index contributed by atoms with van der Waals surface area (Å²) in [4.78, 5) is 21.0. The maximum absolute atomic E-state index is 12.6. The van der Waals surface area contributed by atoms with E-state index in [1.807, 2.05) is 11.0 Å². The van der Waals surface area contributed by atoms with E-state index in [0.29, 0.717) is 38.4 Å². The van der Waals surface area contributed by atoms with E-state index in [1.165, 1.54) is 0 Å². The minimum atomic E-state index is 0.0318. The second-order valence-electron chi connectivity index (χ2n) is 5.74. The maximum atomic E-state index is 12.6. The van der Waals surface area contributed by atoms with Crippen LogP contribution in [0.3, 0.4) is 0 Å². The number of piperidine rings is 1. The number of amides is 1. The smallest absolute Gasteiger partial charge is 0.227 e. The summed E-state index contributed by atoms with van der Waals surface area (Å²) in [5, 5.41) is 8.83. The highest BCUT2D eigenvalue weighted by molar-refractivity contribution is 5.79. The number of aromatic nitrogens is 1. The molecule has 6 nitrogen and oxygen atoms in total. The number of nitrogens with zero attached hydrogens (tertiary/aromatic N) is 4. The van der Waals surface area contributed by atoms with Crippen molar-refractivity contribution < 1.29 is 9.53 Å². The Bertz CT molecular complexity index is 561. The minimum Gasteiger partial charge on any atom is -0.378 e. The number of pyridine rings is 1. The van der Waals surface area contributed by atoms with Crippen LogP contribution in [0.4, 0.5) is 5.82 Å². The zero-order valence-corrected chi connectivity index (χ0v) is 12.6. The lowest BCUT2D eigenvalue weighted by atomic mass is 9.96. The molecule has 1 aromatic heterocycles. The summed E-state index contributed by atoms with van der Waals surface area (Å²) in [6.07, 6.45) is 3.51. The molecule has 0 N–H and O–H groups in total. The third-order valence-corrected chi connectivity index (χ3v) is 4.29. The normalized spacial score (nSPS) is 22.2. The third kappa shape index (κ3) is 3.20. The highest BCUT2D eigenvalue weighted by atomic mass is 16.5. The lowest BCUT2D eigenvalue weighted by Gasteiger charge is -2.36. The molecule has 1 atom stereocenters. The Balaban J connectivity index is 1.65. The Labute approximate surface area is 130 Å². The summed E-state index contributed by atoms with van der Waals surface area (Å²) in [7, 11) is 0. The summed E-state index contributed by atoms with van der Waals surface area (Å²) in [6, 6.07) is 5.71. The number of hydrogen-bond acceptors (Lipinski definition) is 5. The molecule has 3 heterocycles. The standard InChI is InChI=1S/C16H20N4O2/c17-10-13-3-4-15(18-11-13)20-5-1-2-14(12-20)16(21)19-6-8-22-9-7-19/h3-4,11,14H,1-2,5-9,12H2/t14-/m1/s1. The van der Waals surface area contributed by atoms with Gasteiger partial charge in [0.1, 0.15) is 11.9 Å². The zero-order chi connectivity index (χ0) is 15.4. The van der Waals surface area contributed by atoms with Crippen LogP contribution in [0.5, 0.6) is 0 Å². The van der Waals surface area contributed by atoms with Crippen molar-refractivity contribution in [3.8, 4) is 6.07 Å². The SMILES string of the molecule is N#Cc1ccc(N2CCC[C@@H](C(=O)N3CCOCC3)C2)nc1. The number of morpholine rings is 1. The van der Waals surface area contributed by atoms with Crippen LogP contribution in [-0.2, 0) is 9.53 Å². The number of rotatable bonds is 2. The molecular weight excluding hydrogens is 280 g/mol. The van der Waals surface area contributed by atoms with Crippen molar-refractivity contribution in [1.29, 1.82) is 5.26 Å². The molecule has 2 fully saturated rings. The molecule has 0 unspecified atom stereocenters. The molecule has 0 bridgehead atoms. The molecule has 3 rings (SSSR count). The number of carbonyl (C=O) groups excluding carboxylic acids is 1. The van der Waals surface area contributed by atoms with E-state index in [2.05, 4.69) is 16.0 Å². The highest BCUT2D eigenvalue weighted by Gasteiger charge is 2.30. The van der Waals surface area contributed by atoms with E-state index in [4.69, 9.17) is 10.00 Å². The quantitative estimate of drug-likeness (QED) is 0.816. The number of anilines is 1. The van der Waals surface area contributed by atoms with Gasteiger partial charge in [0.25, 0.3) is 0 Å². The third-order valence-electron chi connectivity index (χ3n) is 4.29. The number of carbonyl (C=O) groups is 1. The first kappa shape index (κ1) is 14.8. The van der Waals surface area contributed by atoms with E-state index in [9.17, 15) is 4.79 Å². The topological polar surface area (TPSA) is 69.5 Å². The molecule has 1 amide bonds. The summed E-state index contributed by atoms with van der Waals surface area (Å²) in [5.74, 6) is 1.12. The fourth-order valence-corrected chi connectivity index (χ4v) is 3.07. The van der Waals surface area contributed by atoms with Gasteiger partial charge in [0.05, 0.1) is 24.7 Å². The van der Waals surface area contributed by atoms with Crippen LogP contribution in [0.15, 0.2) is 18.3 Å². The van der Waals surface area contributed by atoms with Gasteiger partial charge >= 0.3 is 0 Å². The van der Waals surface area contributed by atoms with Crippen LogP contribution < -0.4 is 4.90 Å². The molecule has 1 aromatic rings. The van der Waals surface area contributed by atoms with Crippen LogP contribution in [0.2, 0.25) is 0 Å². The van der Waals surface area contributed by atoms with E-state index in [0.717, 1.165) is 25.2 Å². The zero-order valence-electron chi connectivity index (χ0n) is 12.6. The Morgan fingerprint density at radius 1 is 1.32 bits per heavy atom. The fourth-order valence-electron chi connectivity index (χ4n) is 3.07. The van der Waals surface area contributed by atoms with Gasteiger partial charge in [-0.25, -0.2) is 4.98 Å². The van der Waals surface area contributed by atoms with Gasteiger partial charge in [0.2, 0.25) is 5.91 Å². The Morgan fingerprint density at radius 2 is 2.14 bits per heavy atom. The molecule has 2 aliphatic rings. The van der Waals surface area contributed by atoms with Gasteiger partial charge in [-0.05, 0) is 25.0 Å². The second kappa shape index (κ2) is 6.75. The van der Waals surface area contributed by atoms with E-state index < -0.39 is 0 Å². The molecule has 116 valence electrons. The van der Waals surface area contributed by atoms with Crippen molar-refractivity contribution in [2.75, 3.05) is 44.3 Å². The van der Waals surface area contributed by atoms with Crippen LogP contribution in [0, 0.1) is 17.2 Å². The summed E-state index contributed by atoms with van der Waals surface area (Å²) in [6.45, 7) is 4.29. The van der Waals surface area contributed by atoms with Crippen molar-refractivity contribution in [2.24, 2.45) is 5.92 Å². The molecule has 22 heavy (non-hydrogen) atoms. The molecular formula is C16H20N4O2. The molecule has 2 saturated heterocycles. The van der Waals surface area contributed by atoms with Crippen molar-refractivity contribution in [1.82, 2.24) is 9.88 Å². The van der Waals surface area contributed by atoms with Crippen molar-refractivity contribution in [3.63, 3.8) is 0 Å². The first-order valence-corrected chi connectivity index (χ1v) is 7.75. The van der Waals surface area contributed by atoms with Crippen LogP contribution in [-0.4, -0.2) is 55.2 Å². The Kier molecular flexibility index (Phi) is 4.54. The van der Waals surface area contributed by atoms with Crippen LogP contribution in [0.25, 0.3) is 0 Å². The van der Waals surface area contributed by atoms with E-state index in [-0.39, 0.29) is 11.8 Å². The molecule has 0 aromatic carbocycles. The van der Waals surface area contributed by atoms with Crippen LogP contribution >= 0.6 is 0 Å². The molecule has 0 radical (unpaired) electrons. The van der Waals surface area contributed by atoms with Gasteiger partial charge in [-0.3, -0.25) is 4.79 Å². The molecule has 2 aliphatic heterocycles. The van der Waals surface area contributed by atoms with E-state index >= 15 is 0 Å². The monoisotopic (exact) mass is 300 g/mol. The first-order valence-electron chi connectivity index (χ1n) is 7.75. The van der Waals surface area contributed by atoms with E-state index in [1.54, 1.807) is 12.3 Å². The fraction of sp³-hybridized carbons (Fsp3) is 0.562. The van der Waals surface area contributed by atoms with Gasteiger partial charge < -0.3 is 14.5 Å². The molecule has 0 spiro atoms. The van der Waals surface area contributed by atoms with Crippen molar-refractivity contribution in [2.45, 2.75) is 12.8 Å². The Morgan fingerprint density at radius 3 is 2.82 bits per heavy atom. The lowest BCUT2D eigenvalue weighted by Crippen LogP contribution is -2.48. The number of nitriles is 1. The predicted octanol–water partition coefficient (Wildman–Crippen LogP) is 1.03. The summed E-state index contributed by atoms with van der Waals surface area (Å²) >= 11 is 0. The maximum Gasteiger partial charge on any atom is 0.227 e. The average Bonchev–Trinajstić information content (AvgIpc) is 2.62. The van der Waals surface area contributed by atoms with Gasteiger partial charge in [0.15, 0.2) is 0 Å². The van der Waals surface area contributed by atoms with Crippen molar-refractivity contribution in [3.05, 3.63) is 23.9 Å². The molecule has 0 aliphatic carbocycles. The largest absolute Gasteiger partial charge is 0.378 e. The van der Waals surface area contributed by atoms with Crippen LogP contribution in [0.1, 0.15) is 18.4 Å². The van der Waals surface area contributed by atoms with Gasteiger partial charge in [-0.1, -0.05) is 0 Å². The Hall–Kier alpha value is -2.13. The molecule has 0 saturated carbocycles.